The quantitative estimate of drug-likeness (QED) is 0.461. The van der Waals surface area contributed by atoms with Crippen LogP contribution in [0, 0.1) is 0 Å². The Morgan fingerprint density at radius 2 is 1.74 bits per heavy atom. The summed E-state index contributed by atoms with van der Waals surface area (Å²) in [7, 11) is 3.22. The molecule has 0 spiro atoms. The van der Waals surface area contributed by atoms with Crippen LogP contribution in [0.3, 0.4) is 0 Å². The third-order valence-electron chi connectivity index (χ3n) is 4.40. The number of halogens is 2. The van der Waals surface area contributed by atoms with Crippen LogP contribution >= 0.6 is 0 Å². The molecule has 0 saturated carbocycles. The van der Waals surface area contributed by atoms with Crippen molar-refractivity contribution in [2.75, 3.05) is 27.5 Å². The molecule has 1 heterocycles. The minimum absolute atomic E-state index is 0.0124. The number of fused-ring (bicyclic) bond motifs is 1. The van der Waals surface area contributed by atoms with Gasteiger partial charge in [-0.05, 0) is 37.3 Å². The van der Waals surface area contributed by atoms with E-state index in [1.807, 2.05) is 31.2 Å². The van der Waals surface area contributed by atoms with Gasteiger partial charge in [-0.25, -0.2) is 0 Å². The number of aliphatic imine (C=N–C) groups is 1. The lowest BCUT2D eigenvalue weighted by Gasteiger charge is -2.18. The van der Waals surface area contributed by atoms with Crippen molar-refractivity contribution in [2.45, 2.75) is 26.2 Å². The van der Waals surface area contributed by atoms with E-state index in [2.05, 4.69) is 20.4 Å². The maximum atomic E-state index is 12.8. The van der Waals surface area contributed by atoms with E-state index in [4.69, 9.17) is 18.9 Å². The zero-order chi connectivity index (χ0) is 22.2. The van der Waals surface area contributed by atoms with Crippen molar-refractivity contribution in [3.63, 3.8) is 0 Å². The van der Waals surface area contributed by atoms with E-state index in [0.29, 0.717) is 35.3 Å². The number of rotatable bonds is 9. The summed E-state index contributed by atoms with van der Waals surface area (Å²) in [6, 6.07) is 10.3. The van der Waals surface area contributed by atoms with Crippen molar-refractivity contribution in [2.24, 2.45) is 4.99 Å². The largest absolute Gasteiger partial charge is 0.497 e. The Bertz CT molecular complexity index is 893. The first-order valence-electron chi connectivity index (χ1n) is 9.61. The van der Waals surface area contributed by atoms with Crippen LogP contribution in [0.5, 0.6) is 28.7 Å². The number of benzene rings is 2. The second-order valence-electron chi connectivity index (χ2n) is 6.60. The highest BCUT2D eigenvalue weighted by Gasteiger charge is 2.20. The summed E-state index contributed by atoms with van der Waals surface area (Å²) >= 11 is 0. The van der Waals surface area contributed by atoms with Crippen molar-refractivity contribution >= 4 is 5.96 Å². The first-order valence-corrected chi connectivity index (χ1v) is 9.61. The molecule has 0 amide bonds. The third kappa shape index (κ3) is 6.27. The summed E-state index contributed by atoms with van der Waals surface area (Å²) in [6.45, 7) is -0.348. The van der Waals surface area contributed by atoms with Crippen LogP contribution in [-0.4, -0.2) is 46.2 Å². The molecule has 1 atom stereocenters. The number of alkyl halides is 2. The zero-order valence-electron chi connectivity index (χ0n) is 17.5. The molecule has 0 aliphatic carbocycles. The number of nitrogens with one attached hydrogen (secondary N) is 2. The van der Waals surface area contributed by atoms with Gasteiger partial charge >= 0.3 is 6.61 Å². The van der Waals surface area contributed by atoms with Crippen LogP contribution in [0.15, 0.2) is 41.4 Å². The van der Waals surface area contributed by atoms with Gasteiger partial charge in [-0.3, -0.25) is 4.99 Å². The molecule has 0 radical (unpaired) electrons. The Morgan fingerprint density at radius 1 is 1.06 bits per heavy atom. The number of methoxy groups -OCH3 is 1. The maximum Gasteiger partial charge on any atom is 0.387 e. The van der Waals surface area contributed by atoms with Crippen LogP contribution in [0.4, 0.5) is 8.78 Å². The van der Waals surface area contributed by atoms with Crippen molar-refractivity contribution in [1.82, 2.24) is 10.6 Å². The smallest absolute Gasteiger partial charge is 0.387 e. The molecule has 8 nitrogen and oxygen atoms in total. The first kappa shape index (κ1) is 22.3. The van der Waals surface area contributed by atoms with Gasteiger partial charge in [0.1, 0.15) is 23.4 Å². The molecule has 0 saturated heterocycles. The Hall–Kier alpha value is -3.43. The molecular formula is C21H25F2N3O5. The fourth-order valence-electron chi connectivity index (χ4n) is 2.88. The van der Waals surface area contributed by atoms with Crippen LogP contribution in [0.25, 0.3) is 0 Å². The number of hydrogen-bond donors (Lipinski definition) is 2. The molecule has 0 fully saturated rings. The highest BCUT2D eigenvalue weighted by Crippen LogP contribution is 2.38. The molecule has 1 unspecified atom stereocenters. The summed E-state index contributed by atoms with van der Waals surface area (Å²) in [6.07, 6.45) is -0.157. The molecule has 168 valence electrons. The lowest BCUT2D eigenvalue weighted by molar-refractivity contribution is -0.0505. The van der Waals surface area contributed by atoms with Crippen molar-refractivity contribution in [3.05, 3.63) is 42.0 Å². The Labute approximate surface area is 179 Å². The average Bonchev–Trinajstić information content (AvgIpc) is 3.21. The molecule has 1 aliphatic heterocycles. The molecule has 3 rings (SSSR count). The van der Waals surface area contributed by atoms with E-state index in [1.54, 1.807) is 20.2 Å². The molecule has 1 aliphatic rings. The Morgan fingerprint density at radius 3 is 2.39 bits per heavy atom. The number of hydrogen-bond acceptors (Lipinski definition) is 6. The van der Waals surface area contributed by atoms with Gasteiger partial charge in [-0.1, -0.05) is 0 Å². The lowest BCUT2D eigenvalue weighted by Crippen LogP contribution is -2.41. The van der Waals surface area contributed by atoms with E-state index in [9.17, 15) is 8.78 Å². The van der Waals surface area contributed by atoms with Gasteiger partial charge in [0.15, 0.2) is 17.5 Å². The van der Waals surface area contributed by atoms with Gasteiger partial charge < -0.3 is 34.3 Å². The zero-order valence-corrected chi connectivity index (χ0v) is 17.5. The van der Waals surface area contributed by atoms with Crippen LogP contribution in [0.2, 0.25) is 0 Å². The number of nitrogens with zero attached hydrogens (tertiary/aromatic N) is 1. The summed E-state index contributed by atoms with van der Waals surface area (Å²) in [4.78, 5) is 4.15. The molecule has 10 heteroatoms. The van der Waals surface area contributed by atoms with Gasteiger partial charge in [0.25, 0.3) is 0 Å². The minimum atomic E-state index is -2.95. The predicted octanol–water partition coefficient (Wildman–Crippen LogP) is 3.16. The maximum absolute atomic E-state index is 12.8. The Kier molecular flexibility index (Phi) is 7.58. The number of ether oxygens (including phenoxy) is 5. The molecule has 0 aromatic heterocycles. The second kappa shape index (κ2) is 10.6. The second-order valence-corrected chi connectivity index (χ2v) is 6.60. The van der Waals surface area contributed by atoms with E-state index in [0.717, 1.165) is 5.75 Å². The summed E-state index contributed by atoms with van der Waals surface area (Å²) < 4.78 is 51.7. The summed E-state index contributed by atoms with van der Waals surface area (Å²) in [5.74, 6) is 2.80. The normalized spacial score (nSPS) is 13.7. The van der Waals surface area contributed by atoms with Crippen LogP contribution < -0.4 is 34.3 Å². The summed E-state index contributed by atoms with van der Waals surface area (Å²) in [5.41, 5.74) is 0.482. The monoisotopic (exact) mass is 437 g/mol. The summed E-state index contributed by atoms with van der Waals surface area (Å²) in [5, 5.41) is 6.21. The fourth-order valence-corrected chi connectivity index (χ4v) is 2.88. The lowest BCUT2D eigenvalue weighted by atomic mass is 10.1. The van der Waals surface area contributed by atoms with E-state index in [1.165, 1.54) is 6.07 Å². The molecule has 2 aromatic carbocycles. The predicted molar refractivity (Wildman–Crippen MR) is 110 cm³/mol. The van der Waals surface area contributed by atoms with Crippen molar-refractivity contribution in [1.29, 1.82) is 0 Å². The topological polar surface area (TPSA) is 82.6 Å². The van der Waals surface area contributed by atoms with E-state index in [-0.39, 0.29) is 25.2 Å². The van der Waals surface area contributed by atoms with Gasteiger partial charge in [0.05, 0.1) is 13.7 Å². The molecule has 2 aromatic rings. The number of guanidine groups is 1. The third-order valence-corrected chi connectivity index (χ3v) is 4.40. The SMILES string of the molecule is CN=C(NCc1cc2c(cc1OC(F)F)OCO2)NCC(C)Oc1ccc(OC)cc1. The molecular weight excluding hydrogens is 412 g/mol. The average molecular weight is 437 g/mol. The van der Waals surface area contributed by atoms with Gasteiger partial charge in [-0.15, -0.1) is 0 Å². The van der Waals surface area contributed by atoms with Gasteiger partial charge in [-0.2, -0.15) is 8.78 Å². The van der Waals surface area contributed by atoms with Crippen LogP contribution in [0.1, 0.15) is 12.5 Å². The standard InChI is InChI=1S/C21H25F2N3O5/c1-13(30-16-6-4-15(27-3)5-7-16)10-25-21(24-2)26-11-14-8-18-19(29-12-28-18)9-17(14)31-20(22)23/h4-9,13,20H,10-12H2,1-3H3,(H2,24,25,26). The van der Waals surface area contributed by atoms with E-state index >= 15 is 0 Å². The van der Waals surface area contributed by atoms with Crippen LogP contribution in [-0.2, 0) is 6.54 Å². The highest BCUT2D eigenvalue weighted by molar-refractivity contribution is 5.79. The molecule has 2 N–H and O–H groups in total. The molecule has 31 heavy (non-hydrogen) atoms. The van der Waals surface area contributed by atoms with Crippen molar-refractivity contribution in [3.8, 4) is 28.7 Å². The Balaban J connectivity index is 1.54. The van der Waals surface area contributed by atoms with Gasteiger partial charge in [0.2, 0.25) is 6.79 Å². The molecule has 0 bridgehead atoms. The first-order chi connectivity index (χ1) is 15.0. The highest BCUT2D eigenvalue weighted by atomic mass is 19.3. The van der Waals surface area contributed by atoms with Crippen molar-refractivity contribution < 1.29 is 32.5 Å². The van der Waals surface area contributed by atoms with Gasteiger partial charge in [0, 0.05) is 25.2 Å². The fraction of sp³-hybridized carbons (Fsp3) is 0.381. The minimum Gasteiger partial charge on any atom is -0.497 e. The van der Waals surface area contributed by atoms with E-state index < -0.39 is 6.61 Å².